The van der Waals surface area contributed by atoms with Crippen LogP contribution in [-0.4, -0.2) is 52.2 Å². The lowest BCUT2D eigenvalue weighted by Crippen LogP contribution is -2.48. The summed E-state index contributed by atoms with van der Waals surface area (Å²) in [5, 5.41) is 0.762. The third kappa shape index (κ3) is 4.12. The van der Waals surface area contributed by atoms with Crippen molar-refractivity contribution in [1.29, 1.82) is 0 Å². The molecule has 2 saturated heterocycles. The molecule has 1 aromatic rings. The number of rotatable bonds is 6. The molecule has 0 saturated carbocycles. The molecule has 2 N–H and O–H groups in total. The zero-order chi connectivity index (χ0) is 16.9. The number of piperidine rings is 1. The van der Waals surface area contributed by atoms with E-state index in [1.54, 1.807) is 11.8 Å². The van der Waals surface area contributed by atoms with Gasteiger partial charge in [-0.2, -0.15) is 0 Å². The summed E-state index contributed by atoms with van der Waals surface area (Å²) >= 11 is 1.67. The standard InChI is InChI=1S/C17H27N5OS/c1-2-3-10-24-17-19-14(18)11-15(20-17)21-8-4-6-13(12-21)22-9-5-7-16(22)23/h11,13H,2-10,12H2,1H3,(H2,18,19,20)/t13-/m1/s1. The number of nitrogens with two attached hydrogens (primary N) is 1. The van der Waals surface area contributed by atoms with Gasteiger partial charge in [0.25, 0.3) is 0 Å². The van der Waals surface area contributed by atoms with Gasteiger partial charge in [-0.05, 0) is 25.7 Å². The Morgan fingerprint density at radius 1 is 1.33 bits per heavy atom. The van der Waals surface area contributed by atoms with Gasteiger partial charge in [0.05, 0.1) is 0 Å². The molecule has 0 aromatic carbocycles. The minimum absolute atomic E-state index is 0.305. The van der Waals surface area contributed by atoms with E-state index in [1.165, 1.54) is 6.42 Å². The number of amides is 1. The highest BCUT2D eigenvalue weighted by Gasteiger charge is 2.31. The van der Waals surface area contributed by atoms with Crippen LogP contribution in [0.2, 0.25) is 0 Å². The molecule has 6 nitrogen and oxygen atoms in total. The summed E-state index contributed by atoms with van der Waals surface area (Å²) in [5.74, 6) is 2.75. The summed E-state index contributed by atoms with van der Waals surface area (Å²) in [7, 11) is 0. The zero-order valence-corrected chi connectivity index (χ0v) is 15.2. The number of nitrogens with zero attached hydrogens (tertiary/aromatic N) is 4. The molecule has 0 spiro atoms. The number of likely N-dealkylation sites (tertiary alicyclic amines) is 1. The van der Waals surface area contributed by atoms with Crippen molar-refractivity contribution in [3.63, 3.8) is 0 Å². The van der Waals surface area contributed by atoms with Gasteiger partial charge < -0.3 is 15.5 Å². The van der Waals surface area contributed by atoms with Crippen LogP contribution >= 0.6 is 11.8 Å². The maximum Gasteiger partial charge on any atom is 0.222 e. The first kappa shape index (κ1) is 17.3. The Kier molecular flexibility index (Phi) is 5.81. The largest absolute Gasteiger partial charge is 0.383 e. The van der Waals surface area contributed by atoms with Crippen molar-refractivity contribution in [3.05, 3.63) is 6.07 Å². The van der Waals surface area contributed by atoms with Gasteiger partial charge in [0.1, 0.15) is 11.6 Å². The Labute approximate surface area is 148 Å². The Hall–Kier alpha value is -1.50. The molecule has 2 aliphatic heterocycles. The lowest BCUT2D eigenvalue weighted by Gasteiger charge is -2.38. The van der Waals surface area contributed by atoms with Crippen molar-refractivity contribution < 1.29 is 4.79 Å². The second kappa shape index (κ2) is 8.05. The average molecular weight is 350 g/mol. The highest BCUT2D eigenvalue weighted by Crippen LogP contribution is 2.27. The van der Waals surface area contributed by atoms with Crippen LogP contribution in [-0.2, 0) is 4.79 Å². The van der Waals surface area contributed by atoms with E-state index < -0.39 is 0 Å². The van der Waals surface area contributed by atoms with Crippen LogP contribution < -0.4 is 10.6 Å². The van der Waals surface area contributed by atoms with Gasteiger partial charge in [-0.25, -0.2) is 9.97 Å². The van der Waals surface area contributed by atoms with Crippen molar-refractivity contribution >= 4 is 29.3 Å². The predicted octanol–water partition coefficient (Wildman–Crippen LogP) is 2.54. The molecule has 0 unspecified atom stereocenters. The third-order valence-corrected chi connectivity index (χ3v) is 5.65. The average Bonchev–Trinajstić information content (AvgIpc) is 3.01. The topological polar surface area (TPSA) is 75.3 Å². The molecule has 3 rings (SSSR count). The minimum Gasteiger partial charge on any atom is -0.383 e. The van der Waals surface area contributed by atoms with Crippen LogP contribution in [0.5, 0.6) is 0 Å². The molecule has 0 radical (unpaired) electrons. The number of anilines is 2. The molecule has 2 fully saturated rings. The summed E-state index contributed by atoms with van der Waals surface area (Å²) in [4.78, 5) is 25.4. The number of aromatic nitrogens is 2. The molecular weight excluding hydrogens is 322 g/mol. The number of hydrogen-bond acceptors (Lipinski definition) is 6. The van der Waals surface area contributed by atoms with Crippen LogP contribution in [0.25, 0.3) is 0 Å². The van der Waals surface area contributed by atoms with Gasteiger partial charge in [0, 0.05) is 43.9 Å². The summed E-state index contributed by atoms with van der Waals surface area (Å²) in [6.07, 6.45) is 6.18. The Bertz CT molecular complexity index is 582. The summed E-state index contributed by atoms with van der Waals surface area (Å²) < 4.78 is 0. The molecule has 7 heteroatoms. The van der Waals surface area contributed by atoms with E-state index in [9.17, 15) is 4.79 Å². The molecule has 24 heavy (non-hydrogen) atoms. The molecule has 3 heterocycles. The normalized spacial score (nSPS) is 21.5. The number of thioether (sulfide) groups is 1. The maximum absolute atomic E-state index is 12.0. The fourth-order valence-corrected chi connectivity index (χ4v) is 4.38. The highest BCUT2D eigenvalue weighted by atomic mass is 32.2. The predicted molar refractivity (Wildman–Crippen MR) is 98.3 cm³/mol. The van der Waals surface area contributed by atoms with Crippen LogP contribution in [0.3, 0.4) is 0 Å². The molecule has 132 valence electrons. The molecule has 1 amide bonds. The Balaban J connectivity index is 1.69. The van der Waals surface area contributed by atoms with Crippen molar-refractivity contribution in [2.75, 3.05) is 36.0 Å². The van der Waals surface area contributed by atoms with Gasteiger partial charge in [-0.1, -0.05) is 25.1 Å². The smallest absolute Gasteiger partial charge is 0.222 e. The SMILES string of the molecule is CCCCSc1nc(N)cc(N2CCC[C@@H](N3CCCC3=O)C2)n1. The lowest BCUT2D eigenvalue weighted by molar-refractivity contribution is -0.129. The Morgan fingerprint density at radius 2 is 2.21 bits per heavy atom. The van der Waals surface area contributed by atoms with Crippen LogP contribution in [0, 0.1) is 0 Å². The first-order chi connectivity index (χ1) is 11.7. The van der Waals surface area contributed by atoms with E-state index in [2.05, 4.69) is 21.7 Å². The van der Waals surface area contributed by atoms with E-state index in [4.69, 9.17) is 10.7 Å². The van der Waals surface area contributed by atoms with Crippen LogP contribution in [0.15, 0.2) is 11.2 Å². The number of carbonyl (C=O) groups is 1. The van der Waals surface area contributed by atoms with E-state index >= 15 is 0 Å². The first-order valence-electron chi connectivity index (χ1n) is 8.99. The molecular formula is C17H27N5OS. The molecule has 2 aliphatic rings. The number of nitrogen functional groups attached to an aromatic ring is 1. The second-order valence-electron chi connectivity index (χ2n) is 6.57. The van der Waals surface area contributed by atoms with Gasteiger partial charge >= 0.3 is 0 Å². The monoisotopic (exact) mass is 349 g/mol. The summed E-state index contributed by atoms with van der Waals surface area (Å²) in [5.41, 5.74) is 5.99. The van der Waals surface area contributed by atoms with Crippen molar-refractivity contribution in [2.45, 2.75) is 56.6 Å². The minimum atomic E-state index is 0.305. The Morgan fingerprint density at radius 3 is 2.96 bits per heavy atom. The number of hydrogen-bond donors (Lipinski definition) is 1. The number of unbranched alkanes of at least 4 members (excludes halogenated alkanes) is 1. The summed E-state index contributed by atoms with van der Waals surface area (Å²) in [6, 6.07) is 2.17. The van der Waals surface area contributed by atoms with Crippen LogP contribution in [0.4, 0.5) is 11.6 Å². The fraction of sp³-hybridized carbons (Fsp3) is 0.706. The van der Waals surface area contributed by atoms with E-state index in [0.717, 1.165) is 62.0 Å². The molecule has 0 bridgehead atoms. The first-order valence-corrected chi connectivity index (χ1v) is 9.97. The summed E-state index contributed by atoms with van der Waals surface area (Å²) in [6.45, 7) is 4.90. The number of carbonyl (C=O) groups excluding carboxylic acids is 1. The zero-order valence-electron chi connectivity index (χ0n) is 14.4. The van der Waals surface area contributed by atoms with Gasteiger partial charge in [0.2, 0.25) is 5.91 Å². The second-order valence-corrected chi connectivity index (χ2v) is 7.63. The molecule has 1 atom stereocenters. The fourth-order valence-electron chi connectivity index (χ4n) is 3.44. The van der Waals surface area contributed by atoms with Crippen molar-refractivity contribution in [1.82, 2.24) is 14.9 Å². The maximum atomic E-state index is 12.0. The van der Waals surface area contributed by atoms with Gasteiger partial charge in [-0.3, -0.25) is 4.79 Å². The van der Waals surface area contributed by atoms with E-state index in [0.29, 0.717) is 24.2 Å². The third-order valence-electron chi connectivity index (χ3n) is 4.71. The van der Waals surface area contributed by atoms with Gasteiger partial charge in [-0.15, -0.1) is 0 Å². The highest BCUT2D eigenvalue weighted by molar-refractivity contribution is 7.99. The van der Waals surface area contributed by atoms with Crippen molar-refractivity contribution in [3.8, 4) is 0 Å². The van der Waals surface area contributed by atoms with E-state index in [-0.39, 0.29) is 0 Å². The lowest BCUT2D eigenvalue weighted by atomic mass is 10.0. The van der Waals surface area contributed by atoms with Crippen molar-refractivity contribution in [2.24, 2.45) is 0 Å². The quantitative estimate of drug-likeness (QED) is 0.483. The van der Waals surface area contributed by atoms with Crippen LogP contribution in [0.1, 0.15) is 45.4 Å². The molecule has 1 aromatic heterocycles. The van der Waals surface area contributed by atoms with Gasteiger partial charge in [0.15, 0.2) is 5.16 Å². The molecule has 0 aliphatic carbocycles. The van der Waals surface area contributed by atoms with E-state index in [1.807, 2.05) is 6.07 Å².